The van der Waals surface area contributed by atoms with Gasteiger partial charge in [-0.3, -0.25) is 0 Å². The Morgan fingerprint density at radius 2 is 1.03 bits per heavy atom. The van der Waals surface area contributed by atoms with Gasteiger partial charge in [0, 0.05) is 22.8 Å². The van der Waals surface area contributed by atoms with Crippen LogP contribution in [0.1, 0.15) is 102 Å². The van der Waals surface area contributed by atoms with Crippen molar-refractivity contribution in [1.29, 1.82) is 0 Å². The van der Waals surface area contributed by atoms with E-state index in [2.05, 4.69) is 89.2 Å². The molecular weight excluding hydrogens is 471 g/mol. The number of hydrogen-bond donors (Lipinski definition) is 0. The van der Waals surface area contributed by atoms with E-state index in [1.54, 1.807) is 13.8 Å². The van der Waals surface area contributed by atoms with Gasteiger partial charge in [-0.15, -0.1) is 0 Å². The molecule has 35 heavy (non-hydrogen) atoms. The average molecular weight is 517 g/mol. The van der Waals surface area contributed by atoms with E-state index in [0.29, 0.717) is 0 Å². The number of nitrogens with zero attached hydrogens (tertiary/aromatic N) is 2. The van der Waals surface area contributed by atoms with Gasteiger partial charge in [-0.1, -0.05) is 64.3 Å². The van der Waals surface area contributed by atoms with Crippen molar-refractivity contribution < 1.29 is 21.2 Å². The Labute approximate surface area is 226 Å². The minimum Gasteiger partial charge on any atom is -0.493 e. The second-order valence-corrected chi connectivity index (χ2v) is 8.42. The third-order valence-corrected chi connectivity index (χ3v) is 5.97. The number of aryl methyl sites for hydroxylation is 2. The van der Waals surface area contributed by atoms with Crippen LogP contribution in [0.2, 0.25) is 0 Å². The Morgan fingerprint density at radius 3 is 1.46 bits per heavy atom. The van der Waals surface area contributed by atoms with Gasteiger partial charge in [-0.25, -0.2) is 4.70 Å². The van der Waals surface area contributed by atoms with E-state index >= 15 is 0 Å². The first kappa shape index (κ1) is 33.0. The molecule has 0 saturated carbocycles. The van der Waals surface area contributed by atoms with Crippen molar-refractivity contribution in [2.24, 2.45) is 0 Å². The Bertz CT molecular complexity index is 906. The van der Waals surface area contributed by atoms with Crippen LogP contribution in [0, 0.1) is 13.8 Å². The first-order chi connectivity index (χ1) is 16.7. The molecule has 0 radical (unpaired) electrons. The number of benzene rings is 2. The summed E-state index contributed by atoms with van der Waals surface area (Å²) in [7, 11) is 0. The molecule has 1 aliphatic heterocycles. The van der Waals surface area contributed by atoms with Gasteiger partial charge in [0.2, 0.25) is 11.4 Å². The molecular formula is C32H46N2Ni. The summed E-state index contributed by atoms with van der Waals surface area (Å²) in [6.07, 6.45) is 12.5. The third kappa shape index (κ3) is 9.88. The average Bonchev–Trinajstić information content (AvgIpc) is 3.23. The van der Waals surface area contributed by atoms with E-state index in [9.17, 15) is 5.53 Å². The summed E-state index contributed by atoms with van der Waals surface area (Å²) in [6, 6.07) is 17.5. The molecule has 1 heterocycles. The number of allylic oxidation sites excluding steroid dienone is 2. The molecule has 0 saturated heterocycles. The predicted molar refractivity (Wildman–Crippen MR) is 150 cm³/mol. The van der Waals surface area contributed by atoms with Gasteiger partial charge in [-0.05, 0) is 73.9 Å². The molecule has 0 amide bonds. The summed E-state index contributed by atoms with van der Waals surface area (Å²) >= 11 is 0. The summed E-state index contributed by atoms with van der Waals surface area (Å²) < 4.78 is 1.41. The maximum Gasteiger partial charge on any atom is 2.00 e. The maximum atomic E-state index is 11.2. The molecule has 2 aromatic rings. The van der Waals surface area contributed by atoms with E-state index in [0.717, 1.165) is 54.6 Å². The largest absolute Gasteiger partial charge is 2.00 e. The van der Waals surface area contributed by atoms with E-state index < -0.39 is 0 Å². The monoisotopic (exact) mass is 516 g/mol. The minimum atomic E-state index is 0. The fraction of sp³-hybridized carbons (Fsp3) is 0.438. The summed E-state index contributed by atoms with van der Waals surface area (Å²) in [5.74, 6) is 0. The summed E-state index contributed by atoms with van der Waals surface area (Å²) in [5, 5.41) is 0. The maximum absolute atomic E-state index is 11.2. The van der Waals surface area contributed by atoms with Gasteiger partial charge in [0.25, 0.3) is 0 Å². The molecule has 0 unspecified atom stereocenters. The second-order valence-electron chi connectivity index (χ2n) is 8.42. The zero-order chi connectivity index (χ0) is 25.3. The Kier molecular flexibility index (Phi) is 18.1. The van der Waals surface area contributed by atoms with Crippen molar-refractivity contribution in [3.8, 4) is 0 Å². The summed E-state index contributed by atoms with van der Waals surface area (Å²) in [5.41, 5.74) is 19.1. The van der Waals surface area contributed by atoms with E-state index in [1.165, 1.54) is 47.1 Å². The van der Waals surface area contributed by atoms with Crippen LogP contribution in [0.3, 0.4) is 0 Å². The Balaban J connectivity index is 0.00000220. The molecule has 1 aliphatic rings. The molecule has 194 valence electrons. The standard InChI is InChI=1S/C28H36N2.2C2H5.Ni/c1-4-7-10-22-13-17-24(18-14-22)27-21-26(12-9-6-3)28(30(27)29)25-19-15-23(16-20-25)11-8-5-2;2*1-2;/h13-21H,4-12H2,1-3H3;2*1H2,2H3;/q;2*-1;+2. The number of hydrogen-bond acceptors (Lipinski definition) is 0. The molecule has 3 heteroatoms. The molecule has 2 nitrogen and oxygen atoms in total. The number of unbranched alkanes of at least 4 members (excludes halogenated alkanes) is 3. The van der Waals surface area contributed by atoms with Crippen LogP contribution in [-0.2, 0) is 29.3 Å². The van der Waals surface area contributed by atoms with Crippen LogP contribution in [0.4, 0.5) is 0 Å². The van der Waals surface area contributed by atoms with Crippen LogP contribution in [0.5, 0.6) is 0 Å². The molecule has 0 atom stereocenters. The fourth-order valence-electron chi connectivity index (χ4n) is 4.06. The van der Waals surface area contributed by atoms with Crippen molar-refractivity contribution in [3.63, 3.8) is 0 Å². The molecule has 3 rings (SSSR count). The topological polar surface area (TPSA) is 25.3 Å². The van der Waals surface area contributed by atoms with Crippen molar-refractivity contribution >= 4 is 11.4 Å². The SMILES string of the molecule is CCCCC1=C(c2ccc(CCCC)cc2)[N+](=[N-])C(c2ccc(CCCC)cc2)=C1.[CH2-]C.[CH2-]C.[Ni+2]. The molecule has 0 fully saturated rings. The van der Waals surface area contributed by atoms with Crippen molar-refractivity contribution in [2.75, 3.05) is 0 Å². The van der Waals surface area contributed by atoms with Gasteiger partial charge in [0.05, 0.1) is 0 Å². The van der Waals surface area contributed by atoms with Gasteiger partial charge in [0.15, 0.2) is 0 Å². The van der Waals surface area contributed by atoms with Crippen molar-refractivity contribution in [1.82, 2.24) is 0 Å². The molecule has 0 aliphatic carbocycles. The van der Waals surface area contributed by atoms with Gasteiger partial charge >= 0.3 is 16.5 Å². The predicted octanol–water partition coefficient (Wildman–Crippen LogP) is 10.0. The molecule has 0 aromatic heterocycles. The molecule has 0 N–H and O–H groups in total. The van der Waals surface area contributed by atoms with Crippen LogP contribution >= 0.6 is 0 Å². The Hall–Kier alpha value is -1.99. The number of rotatable bonds is 11. The van der Waals surface area contributed by atoms with Crippen LogP contribution < -0.4 is 0 Å². The molecule has 0 bridgehead atoms. The second kappa shape index (κ2) is 19.2. The third-order valence-electron chi connectivity index (χ3n) is 5.97. The summed E-state index contributed by atoms with van der Waals surface area (Å²) in [4.78, 5) is 0. The quantitative estimate of drug-likeness (QED) is 0.161. The first-order valence-electron chi connectivity index (χ1n) is 13.2. The van der Waals surface area contributed by atoms with Crippen LogP contribution in [-0.4, -0.2) is 4.70 Å². The molecule has 0 spiro atoms. The van der Waals surface area contributed by atoms with E-state index in [4.69, 9.17) is 0 Å². The van der Waals surface area contributed by atoms with Gasteiger partial charge in [-0.2, -0.15) is 13.8 Å². The smallest absolute Gasteiger partial charge is 0.493 e. The van der Waals surface area contributed by atoms with E-state index in [-0.39, 0.29) is 16.5 Å². The van der Waals surface area contributed by atoms with Crippen LogP contribution in [0.25, 0.3) is 16.9 Å². The zero-order valence-corrected chi connectivity index (χ0v) is 23.7. The zero-order valence-electron chi connectivity index (χ0n) is 22.7. The van der Waals surface area contributed by atoms with Gasteiger partial charge < -0.3 is 19.4 Å². The summed E-state index contributed by atoms with van der Waals surface area (Å²) in [6.45, 7) is 16.7. The molecule has 2 aromatic carbocycles. The fourth-order valence-corrected chi connectivity index (χ4v) is 4.06. The van der Waals surface area contributed by atoms with E-state index in [1.807, 2.05) is 0 Å². The van der Waals surface area contributed by atoms with Crippen molar-refractivity contribution in [2.45, 2.75) is 92.4 Å². The van der Waals surface area contributed by atoms with Crippen molar-refractivity contribution in [3.05, 3.63) is 102 Å². The van der Waals surface area contributed by atoms with Gasteiger partial charge in [0.1, 0.15) is 0 Å². The minimum absolute atomic E-state index is 0. The normalized spacial score (nSPS) is 12.2. The Morgan fingerprint density at radius 1 is 0.629 bits per heavy atom. The first-order valence-corrected chi connectivity index (χ1v) is 13.2. The van der Waals surface area contributed by atoms with Crippen LogP contribution in [0.15, 0.2) is 60.2 Å².